The second-order valence-corrected chi connectivity index (χ2v) is 9.61. The number of nitrogens with zero attached hydrogens (tertiary/aromatic N) is 2. The Hall–Kier alpha value is -4.51. The van der Waals surface area contributed by atoms with Crippen molar-refractivity contribution in [1.29, 1.82) is 0 Å². The first-order valence-corrected chi connectivity index (χ1v) is 12.3. The molecule has 0 amide bonds. The van der Waals surface area contributed by atoms with Gasteiger partial charge in [-0.05, 0) is 47.3 Å². The minimum absolute atomic E-state index is 0.0340. The lowest BCUT2D eigenvalue weighted by Gasteiger charge is -2.15. The molecule has 5 rings (SSSR count). The van der Waals surface area contributed by atoms with Gasteiger partial charge in [0, 0.05) is 28.6 Å². The first kappa shape index (κ1) is 24.2. The Morgan fingerprint density at radius 2 is 1.76 bits per heavy atom. The van der Waals surface area contributed by atoms with E-state index in [1.165, 1.54) is 69.0 Å². The predicted molar refractivity (Wildman–Crippen MR) is 133 cm³/mol. The van der Waals surface area contributed by atoms with Crippen LogP contribution in [0.1, 0.15) is 0 Å². The zero-order valence-corrected chi connectivity index (χ0v) is 20.3. The van der Waals surface area contributed by atoms with Crippen molar-refractivity contribution in [3.8, 4) is 34.0 Å². The average Bonchev–Trinajstić information content (AvgIpc) is 3.39. The van der Waals surface area contributed by atoms with E-state index >= 15 is 4.39 Å². The number of hydrogen-bond donors (Lipinski definition) is 1. The van der Waals surface area contributed by atoms with Crippen molar-refractivity contribution in [2.24, 2.45) is 0 Å². The molecule has 0 unspecified atom stereocenters. The number of ether oxygens (including phenoxy) is 2. The summed E-state index contributed by atoms with van der Waals surface area (Å²) in [5, 5.41) is 4.57. The fourth-order valence-corrected chi connectivity index (χ4v) is 4.96. The molecule has 0 aliphatic heterocycles. The maximum Gasteiger partial charge on any atom is 0.263 e. The minimum atomic E-state index is -3.98. The largest absolute Gasteiger partial charge is 0.496 e. The van der Waals surface area contributed by atoms with Crippen LogP contribution < -0.4 is 14.2 Å². The number of benzene rings is 3. The first-order chi connectivity index (χ1) is 17.8. The number of halogens is 2. The first-order valence-electron chi connectivity index (χ1n) is 10.8. The van der Waals surface area contributed by atoms with Crippen LogP contribution in [-0.2, 0) is 10.0 Å². The van der Waals surface area contributed by atoms with Crippen molar-refractivity contribution < 1.29 is 31.2 Å². The number of nitrogens with one attached hydrogen (secondary N) is 1. The molecule has 1 N–H and O–H groups in total. The summed E-state index contributed by atoms with van der Waals surface area (Å²) in [7, 11) is -1.14. The van der Waals surface area contributed by atoms with Crippen molar-refractivity contribution in [1.82, 2.24) is 10.1 Å². The monoisotopic (exact) mass is 523 g/mol. The predicted octanol–water partition coefficient (Wildman–Crippen LogP) is 5.65. The van der Waals surface area contributed by atoms with Gasteiger partial charge in [0.25, 0.3) is 10.0 Å². The van der Waals surface area contributed by atoms with Gasteiger partial charge in [0.1, 0.15) is 23.6 Å². The van der Waals surface area contributed by atoms with E-state index in [1.807, 2.05) is 0 Å². The zero-order valence-electron chi connectivity index (χ0n) is 19.5. The molecule has 2 heterocycles. The van der Waals surface area contributed by atoms with Crippen molar-refractivity contribution >= 4 is 26.6 Å². The van der Waals surface area contributed by atoms with Gasteiger partial charge in [-0.3, -0.25) is 4.72 Å². The summed E-state index contributed by atoms with van der Waals surface area (Å²) >= 11 is 0. The van der Waals surface area contributed by atoms with E-state index in [0.29, 0.717) is 27.6 Å². The molecule has 0 bridgehead atoms. The summed E-state index contributed by atoms with van der Waals surface area (Å²) in [6, 6.07) is 15.6. The Kier molecular flexibility index (Phi) is 6.22. The van der Waals surface area contributed by atoms with E-state index in [-0.39, 0.29) is 27.9 Å². The highest BCUT2D eigenvalue weighted by molar-refractivity contribution is 7.92. The standard InChI is InChI=1S/C26H19F2N3O5S/c1-34-23-14-20(15-4-3-5-17(27)10-15)22(28)13-21(23)26-19-7-6-18(11-16(19)12-25(29-26)35-2)37(32,33)31-24-8-9-36-30-24/h3-14H,1-2H3,(H,30,31). The molecular weight excluding hydrogens is 504 g/mol. The summed E-state index contributed by atoms with van der Waals surface area (Å²) in [5.41, 5.74) is 1.12. The van der Waals surface area contributed by atoms with Crippen LogP contribution in [0, 0.1) is 11.6 Å². The number of anilines is 1. The molecule has 3 aromatic carbocycles. The number of pyridine rings is 1. The maximum absolute atomic E-state index is 15.3. The highest BCUT2D eigenvalue weighted by Gasteiger charge is 2.21. The van der Waals surface area contributed by atoms with Crippen LogP contribution in [0.2, 0.25) is 0 Å². The molecule has 8 nitrogen and oxygen atoms in total. The molecule has 37 heavy (non-hydrogen) atoms. The Morgan fingerprint density at radius 1 is 0.919 bits per heavy atom. The molecule has 11 heteroatoms. The van der Waals surface area contributed by atoms with Gasteiger partial charge in [-0.2, -0.15) is 0 Å². The van der Waals surface area contributed by atoms with Crippen LogP contribution in [0.15, 0.2) is 82.4 Å². The van der Waals surface area contributed by atoms with Crippen molar-refractivity contribution in [3.63, 3.8) is 0 Å². The summed E-state index contributed by atoms with van der Waals surface area (Å²) in [6.07, 6.45) is 1.24. The lowest BCUT2D eigenvalue weighted by molar-refractivity contribution is 0.398. The minimum Gasteiger partial charge on any atom is -0.496 e. The quantitative estimate of drug-likeness (QED) is 0.294. The van der Waals surface area contributed by atoms with Gasteiger partial charge >= 0.3 is 0 Å². The van der Waals surface area contributed by atoms with E-state index in [0.717, 1.165) is 0 Å². The van der Waals surface area contributed by atoms with Gasteiger partial charge in [-0.1, -0.05) is 23.4 Å². The fourth-order valence-electron chi connectivity index (χ4n) is 3.93. The number of aromatic nitrogens is 2. The third-order valence-corrected chi connectivity index (χ3v) is 7.01. The molecule has 0 saturated carbocycles. The van der Waals surface area contributed by atoms with Gasteiger partial charge in [-0.15, -0.1) is 0 Å². The van der Waals surface area contributed by atoms with Gasteiger partial charge in [-0.25, -0.2) is 22.2 Å². The van der Waals surface area contributed by atoms with Crippen molar-refractivity contribution in [2.75, 3.05) is 18.9 Å². The summed E-state index contributed by atoms with van der Waals surface area (Å²) in [5.74, 6) is -0.614. The van der Waals surface area contributed by atoms with Crippen LogP contribution in [0.5, 0.6) is 11.6 Å². The average molecular weight is 524 g/mol. The lowest BCUT2D eigenvalue weighted by Crippen LogP contribution is -2.13. The molecular formula is C26H19F2N3O5S. The van der Waals surface area contributed by atoms with E-state index in [9.17, 15) is 12.8 Å². The van der Waals surface area contributed by atoms with Crippen LogP contribution >= 0.6 is 0 Å². The van der Waals surface area contributed by atoms with E-state index < -0.39 is 21.7 Å². The second-order valence-electron chi connectivity index (χ2n) is 7.93. The molecule has 0 fully saturated rings. The van der Waals surface area contributed by atoms with Crippen molar-refractivity contribution in [3.05, 3.63) is 84.6 Å². The van der Waals surface area contributed by atoms with Crippen LogP contribution in [0.4, 0.5) is 14.6 Å². The van der Waals surface area contributed by atoms with Gasteiger partial charge in [0.15, 0.2) is 5.82 Å². The molecule has 5 aromatic rings. The molecule has 0 saturated heterocycles. The van der Waals surface area contributed by atoms with Gasteiger partial charge in [0.05, 0.1) is 24.8 Å². The molecule has 0 aliphatic carbocycles. The Balaban J connectivity index is 1.66. The number of rotatable bonds is 7. The van der Waals surface area contributed by atoms with Crippen LogP contribution in [-0.4, -0.2) is 32.8 Å². The van der Waals surface area contributed by atoms with Gasteiger partial charge < -0.3 is 14.0 Å². The highest BCUT2D eigenvalue weighted by atomic mass is 32.2. The number of sulfonamides is 1. The van der Waals surface area contributed by atoms with E-state index in [2.05, 4.69) is 19.4 Å². The SMILES string of the molecule is COc1cc2cc(S(=O)(=O)Nc3ccon3)ccc2c(-c2cc(F)c(-c3cccc(F)c3)cc2OC)n1. The summed E-state index contributed by atoms with van der Waals surface area (Å²) in [6.45, 7) is 0. The van der Waals surface area contributed by atoms with E-state index in [1.54, 1.807) is 18.2 Å². The zero-order chi connectivity index (χ0) is 26.2. The highest BCUT2D eigenvalue weighted by Crippen LogP contribution is 2.40. The molecule has 0 radical (unpaired) electrons. The number of methoxy groups -OCH3 is 2. The maximum atomic E-state index is 15.3. The fraction of sp³-hybridized carbons (Fsp3) is 0.0769. The van der Waals surface area contributed by atoms with Crippen LogP contribution in [0.25, 0.3) is 33.2 Å². The second kappa shape index (κ2) is 9.51. The van der Waals surface area contributed by atoms with Crippen LogP contribution in [0.3, 0.4) is 0 Å². The Labute approximate surface area is 210 Å². The van der Waals surface area contributed by atoms with Gasteiger partial charge in [0.2, 0.25) is 5.88 Å². The lowest BCUT2D eigenvalue weighted by atomic mass is 9.98. The smallest absolute Gasteiger partial charge is 0.263 e. The van der Waals surface area contributed by atoms with Crippen molar-refractivity contribution in [2.45, 2.75) is 4.90 Å². The Morgan fingerprint density at radius 3 is 2.46 bits per heavy atom. The van der Waals surface area contributed by atoms with E-state index in [4.69, 9.17) is 9.47 Å². The molecule has 2 aromatic heterocycles. The summed E-state index contributed by atoms with van der Waals surface area (Å²) < 4.78 is 72.7. The molecule has 0 aliphatic rings. The molecule has 0 spiro atoms. The Bertz CT molecular complexity index is 1720. The molecule has 188 valence electrons. The topological polar surface area (TPSA) is 104 Å². The number of fused-ring (bicyclic) bond motifs is 1. The summed E-state index contributed by atoms with van der Waals surface area (Å²) in [4.78, 5) is 4.45. The third-order valence-electron chi connectivity index (χ3n) is 5.66. The molecule has 0 atom stereocenters. The third kappa shape index (κ3) is 4.68. The number of hydrogen-bond acceptors (Lipinski definition) is 7. The normalized spacial score (nSPS) is 11.5.